The number of benzene rings is 1. The van der Waals surface area contributed by atoms with Crippen LogP contribution >= 0.6 is 0 Å². The van der Waals surface area contributed by atoms with E-state index in [2.05, 4.69) is 44.6 Å². The quantitative estimate of drug-likeness (QED) is 0.930. The van der Waals surface area contributed by atoms with E-state index in [1.807, 2.05) is 0 Å². The Bertz CT molecular complexity index is 672. The number of nitrogens with one attached hydrogen (secondary N) is 1. The maximum atomic E-state index is 11.5. The molecular formula is C17H21N5O. The smallest absolute Gasteiger partial charge is 0.220 e. The monoisotopic (exact) mass is 311 g/mol. The zero-order valence-corrected chi connectivity index (χ0v) is 13.1. The molecule has 1 aromatic heterocycles. The summed E-state index contributed by atoms with van der Waals surface area (Å²) in [6, 6.07) is 8.47. The van der Waals surface area contributed by atoms with Gasteiger partial charge in [0.15, 0.2) is 0 Å². The molecule has 6 heteroatoms. The van der Waals surface area contributed by atoms with E-state index in [4.69, 9.17) is 0 Å². The molecule has 0 saturated carbocycles. The number of carbonyl (C=O) groups is 1. The van der Waals surface area contributed by atoms with E-state index >= 15 is 0 Å². The topological polar surface area (TPSA) is 63.1 Å². The van der Waals surface area contributed by atoms with Crippen molar-refractivity contribution in [3.63, 3.8) is 0 Å². The fourth-order valence-electron chi connectivity index (χ4n) is 3.64. The van der Waals surface area contributed by atoms with E-state index in [9.17, 15) is 4.79 Å². The lowest BCUT2D eigenvalue weighted by molar-refractivity contribution is -0.119. The molecule has 3 heterocycles. The van der Waals surface area contributed by atoms with Crippen LogP contribution < -0.4 is 5.32 Å². The van der Waals surface area contributed by atoms with Gasteiger partial charge in [-0.15, -0.1) is 0 Å². The van der Waals surface area contributed by atoms with Crippen molar-refractivity contribution in [3.05, 3.63) is 42.5 Å². The third-order valence-corrected chi connectivity index (χ3v) is 5.14. The second-order valence-electron chi connectivity index (χ2n) is 6.74. The zero-order valence-electron chi connectivity index (χ0n) is 13.1. The molecule has 4 rings (SSSR count). The van der Waals surface area contributed by atoms with Crippen molar-refractivity contribution in [3.8, 4) is 5.69 Å². The van der Waals surface area contributed by atoms with Crippen LogP contribution in [-0.4, -0.2) is 45.2 Å². The van der Waals surface area contributed by atoms with Crippen LogP contribution in [-0.2, 0) is 11.3 Å². The van der Waals surface area contributed by atoms with Gasteiger partial charge in [0.25, 0.3) is 0 Å². The highest BCUT2D eigenvalue weighted by Gasteiger charge is 2.40. The molecule has 1 N–H and O–H groups in total. The maximum absolute atomic E-state index is 11.5. The Hall–Kier alpha value is -2.21. The summed E-state index contributed by atoms with van der Waals surface area (Å²) < 4.78 is 1.76. The predicted octanol–water partition coefficient (Wildman–Crippen LogP) is 1.37. The minimum Gasteiger partial charge on any atom is -0.356 e. The maximum Gasteiger partial charge on any atom is 0.220 e. The fraction of sp³-hybridized carbons (Fsp3) is 0.471. The molecule has 1 amide bonds. The largest absolute Gasteiger partial charge is 0.356 e. The molecule has 0 atom stereocenters. The van der Waals surface area contributed by atoms with E-state index < -0.39 is 0 Å². The van der Waals surface area contributed by atoms with Gasteiger partial charge in [0.2, 0.25) is 5.91 Å². The average molecular weight is 311 g/mol. The van der Waals surface area contributed by atoms with E-state index in [1.54, 1.807) is 17.3 Å². The number of nitrogens with zero attached hydrogens (tertiary/aromatic N) is 4. The van der Waals surface area contributed by atoms with Gasteiger partial charge in [0.1, 0.15) is 12.7 Å². The number of amides is 1. The first-order valence-electron chi connectivity index (χ1n) is 8.16. The summed E-state index contributed by atoms with van der Waals surface area (Å²) >= 11 is 0. The molecule has 0 aliphatic carbocycles. The van der Waals surface area contributed by atoms with Crippen LogP contribution in [0, 0.1) is 5.41 Å². The normalized spacial score (nSPS) is 20.8. The van der Waals surface area contributed by atoms with Crippen molar-refractivity contribution in [1.29, 1.82) is 0 Å². The first kappa shape index (κ1) is 14.4. The van der Waals surface area contributed by atoms with E-state index in [1.165, 1.54) is 5.56 Å². The summed E-state index contributed by atoms with van der Waals surface area (Å²) in [5, 5.41) is 7.13. The number of hydrogen-bond donors (Lipinski definition) is 1. The summed E-state index contributed by atoms with van der Waals surface area (Å²) in [5.74, 6) is 0.224. The van der Waals surface area contributed by atoms with Gasteiger partial charge in [-0.3, -0.25) is 9.69 Å². The third kappa shape index (κ3) is 2.99. The predicted molar refractivity (Wildman–Crippen MR) is 85.9 cm³/mol. The Morgan fingerprint density at radius 3 is 2.57 bits per heavy atom. The second kappa shape index (κ2) is 5.77. The molecule has 2 aromatic rings. The molecule has 2 aliphatic heterocycles. The molecule has 0 unspecified atom stereocenters. The molecule has 2 aliphatic rings. The number of aromatic nitrogens is 3. The van der Waals surface area contributed by atoms with Crippen LogP contribution in [0.5, 0.6) is 0 Å². The van der Waals surface area contributed by atoms with Gasteiger partial charge in [-0.05, 0) is 49.0 Å². The van der Waals surface area contributed by atoms with Crippen LogP contribution in [0.25, 0.3) is 5.69 Å². The SMILES string of the molecule is O=C1CC2(CCN(Cc3ccc(-n4cncn4)cc3)CC2)CN1. The zero-order chi connectivity index (χ0) is 15.7. The van der Waals surface area contributed by atoms with Crippen LogP contribution in [0.4, 0.5) is 0 Å². The highest BCUT2D eigenvalue weighted by molar-refractivity contribution is 5.79. The number of hydrogen-bond acceptors (Lipinski definition) is 4. The Kier molecular flexibility index (Phi) is 3.61. The van der Waals surface area contributed by atoms with Crippen molar-refractivity contribution in [2.75, 3.05) is 19.6 Å². The van der Waals surface area contributed by atoms with Crippen LogP contribution in [0.15, 0.2) is 36.9 Å². The van der Waals surface area contributed by atoms with Gasteiger partial charge in [-0.2, -0.15) is 5.10 Å². The Labute approximate surface area is 135 Å². The summed E-state index contributed by atoms with van der Waals surface area (Å²) in [6.07, 6.45) is 6.19. The standard InChI is InChI=1S/C17H21N5O/c23-16-9-17(11-19-16)5-7-21(8-6-17)10-14-1-3-15(4-2-14)22-13-18-12-20-22/h1-4,12-13H,5-11H2,(H,19,23). The molecule has 2 saturated heterocycles. The lowest BCUT2D eigenvalue weighted by Crippen LogP contribution is -2.40. The molecular weight excluding hydrogens is 290 g/mol. The van der Waals surface area contributed by atoms with Gasteiger partial charge in [-0.1, -0.05) is 12.1 Å². The molecule has 1 spiro atoms. The van der Waals surface area contributed by atoms with E-state index in [0.717, 1.165) is 44.7 Å². The average Bonchev–Trinajstić information content (AvgIpc) is 3.21. The lowest BCUT2D eigenvalue weighted by Gasteiger charge is -2.38. The van der Waals surface area contributed by atoms with Gasteiger partial charge < -0.3 is 5.32 Å². The lowest BCUT2D eigenvalue weighted by atomic mass is 9.77. The Balaban J connectivity index is 1.35. The summed E-state index contributed by atoms with van der Waals surface area (Å²) in [6.45, 7) is 3.97. The fourth-order valence-corrected chi connectivity index (χ4v) is 3.64. The van der Waals surface area contributed by atoms with E-state index in [-0.39, 0.29) is 11.3 Å². The Morgan fingerprint density at radius 2 is 1.96 bits per heavy atom. The summed E-state index contributed by atoms with van der Waals surface area (Å²) in [5.41, 5.74) is 2.56. The minimum absolute atomic E-state index is 0.224. The Morgan fingerprint density at radius 1 is 1.17 bits per heavy atom. The van der Waals surface area contributed by atoms with Crippen LogP contribution in [0.2, 0.25) is 0 Å². The van der Waals surface area contributed by atoms with Crippen molar-refractivity contribution >= 4 is 5.91 Å². The third-order valence-electron chi connectivity index (χ3n) is 5.14. The van der Waals surface area contributed by atoms with Gasteiger partial charge in [0, 0.05) is 19.5 Å². The van der Waals surface area contributed by atoms with Gasteiger partial charge in [-0.25, -0.2) is 9.67 Å². The second-order valence-corrected chi connectivity index (χ2v) is 6.74. The summed E-state index contributed by atoms with van der Waals surface area (Å²) in [4.78, 5) is 17.9. The molecule has 0 radical (unpaired) electrons. The van der Waals surface area contributed by atoms with E-state index in [0.29, 0.717) is 6.42 Å². The molecule has 0 bridgehead atoms. The van der Waals surface area contributed by atoms with Gasteiger partial charge in [0.05, 0.1) is 5.69 Å². The number of piperidine rings is 1. The van der Waals surface area contributed by atoms with Crippen molar-refractivity contribution in [2.24, 2.45) is 5.41 Å². The van der Waals surface area contributed by atoms with Gasteiger partial charge >= 0.3 is 0 Å². The first-order chi connectivity index (χ1) is 11.2. The first-order valence-corrected chi connectivity index (χ1v) is 8.16. The number of carbonyl (C=O) groups excluding carboxylic acids is 1. The minimum atomic E-state index is 0.224. The van der Waals surface area contributed by atoms with Crippen LogP contribution in [0.3, 0.4) is 0 Å². The number of likely N-dealkylation sites (tertiary alicyclic amines) is 1. The highest BCUT2D eigenvalue weighted by Crippen LogP contribution is 2.37. The molecule has 6 nitrogen and oxygen atoms in total. The van der Waals surface area contributed by atoms with Crippen molar-refractivity contribution < 1.29 is 4.79 Å². The molecule has 120 valence electrons. The molecule has 2 fully saturated rings. The highest BCUT2D eigenvalue weighted by atomic mass is 16.1. The molecule has 1 aromatic carbocycles. The summed E-state index contributed by atoms with van der Waals surface area (Å²) in [7, 11) is 0. The van der Waals surface area contributed by atoms with Crippen LogP contribution in [0.1, 0.15) is 24.8 Å². The number of rotatable bonds is 3. The molecule has 23 heavy (non-hydrogen) atoms. The van der Waals surface area contributed by atoms with Crippen molar-refractivity contribution in [2.45, 2.75) is 25.8 Å². The van der Waals surface area contributed by atoms with Crippen molar-refractivity contribution in [1.82, 2.24) is 25.0 Å².